The SMILES string of the molecule is O=C1c2ccccc2-c2nc3c(C(=O)NCCN4CCCC4)cccc3nc21. The summed E-state index contributed by atoms with van der Waals surface area (Å²) in [5.41, 5.74) is 3.90. The first kappa shape index (κ1) is 17.0. The van der Waals surface area contributed by atoms with Gasteiger partial charge in [0.05, 0.1) is 11.1 Å². The first-order valence-corrected chi connectivity index (χ1v) is 9.68. The Balaban J connectivity index is 1.47. The van der Waals surface area contributed by atoms with Gasteiger partial charge < -0.3 is 10.2 Å². The highest BCUT2D eigenvalue weighted by Crippen LogP contribution is 2.35. The average molecular weight is 372 g/mol. The molecule has 6 nitrogen and oxygen atoms in total. The van der Waals surface area contributed by atoms with Gasteiger partial charge in [-0.05, 0) is 38.1 Å². The van der Waals surface area contributed by atoms with Crippen LogP contribution in [0.3, 0.4) is 0 Å². The number of carbonyl (C=O) groups is 2. The molecular formula is C22H20N4O2. The zero-order valence-electron chi connectivity index (χ0n) is 15.4. The molecule has 28 heavy (non-hydrogen) atoms. The van der Waals surface area contributed by atoms with Crippen molar-refractivity contribution in [2.75, 3.05) is 26.2 Å². The summed E-state index contributed by atoms with van der Waals surface area (Å²) in [7, 11) is 0. The van der Waals surface area contributed by atoms with Crippen molar-refractivity contribution >= 4 is 22.7 Å². The molecule has 1 aromatic heterocycles. The minimum absolute atomic E-state index is 0.111. The number of para-hydroxylation sites is 1. The number of aromatic nitrogens is 2. The number of likely N-dealkylation sites (tertiary alicyclic amines) is 1. The van der Waals surface area contributed by atoms with E-state index in [0.29, 0.717) is 40.1 Å². The van der Waals surface area contributed by atoms with Gasteiger partial charge in [0, 0.05) is 24.2 Å². The van der Waals surface area contributed by atoms with E-state index in [2.05, 4.69) is 15.2 Å². The van der Waals surface area contributed by atoms with Crippen LogP contribution in [-0.2, 0) is 0 Å². The molecule has 1 fully saturated rings. The van der Waals surface area contributed by atoms with Gasteiger partial charge >= 0.3 is 0 Å². The molecule has 0 radical (unpaired) electrons. The van der Waals surface area contributed by atoms with Gasteiger partial charge in [0.25, 0.3) is 5.91 Å². The molecule has 1 aliphatic heterocycles. The van der Waals surface area contributed by atoms with Crippen molar-refractivity contribution in [1.29, 1.82) is 0 Å². The summed E-state index contributed by atoms with van der Waals surface area (Å²) >= 11 is 0. The highest BCUT2D eigenvalue weighted by molar-refractivity contribution is 6.20. The molecule has 2 heterocycles. The molecule has 0 atom stereocenters. The molecule has 5 rings (SSSR count). The van der Waals surface area contributed by atoms with E-state index in [0.717, 1.165) is 25.2 Å². The maximum Gasteiger partial charge on any atom is 0.253 e. The van der Waals surface area contributed by atoms with Crippen molar-refractivity contribution in [2.45, 2.75) is 12.8 Å². The Morgan fingerprint density at radius 3 is 2.57 bits per heavy atom. The molecule has 1 amide bonds. The Hall–Kier alpha value is -3.12. The lowest BCUT2D eigenvalue weighted by molar-refractivity contribution is 0.0950. The molecule has 0 spiro atoms. The van der Waals surface area contributed by atoms with Gasteiger partial charge in [-0.1, -0.05) is 30.3 Å². The van der Waals surface area contributed by atoms with Crippen LogP contribution in [0.1, 0.15) is 39.3 Å². The maximum absolute atomic E-state index is 12.8. The second-order valence-corrected chi connectivity index (χ2v) is 7.27. The van der Waals surface area contributed by atoms with E-state index >= 15 is 0 Å². The number of rotatable bonds is 4. The Morgan fingerprint density at radius 2 is 1.75 bits per heavy atom. The number of amides is 1. The molecule has 0 bridgehead atoms. The third-order valence-corrected chi connectivity index (χ3v) is 5.49. The molecule has 1 saturated heterocycles. The largest absolute Gasteiger partial charge is 0.351 e. The van der Waals surface area contributed by atoms with E-state index in [1.165, 1.54) is 12.8 Å². The van der Waals surface area contributed by atoms with Crippen LogP contribution in [0, 0.1) is 0 Å². The van der Waals surface area contributed by atoms with Crippen molar-refractivity contribution in [3.8, 4) is 11.3 Å². The topological polar surface area (TPSA) is 75.2 Å². The van der Waals surface area contributed by atoms with Crippen LogP contribution in [-0.4, -0.2) is 52.7 Å². The Morgan fingerprint density at radius 1 is 0.964 bits per heavy atom. The molecule has 0 unspecified atom stereocenters. The van der Waals surface area contributed by atoms with E-state index in [4.69, 9.17) is 4.98 Å². The van der Waals surface area contributed by atoms with Crippen molar-refractivity contribution in [3.63, 3.8) is 0 Å². The van der Waals surface area contributed by atoms with Crippen LogP contribution >= 0.6 is 0 Å². The lowest BCUT2D eigenvalue weighted by Crippen LogP contribution is -2.33. The number of nitrogens with one attached hydrogen (secondary N) is 1. The summed E-state index contributed by atoms with van der Waals surface area (Å²) in [5.74, 6) is -0.267. The van der Waals surface area contributed by atoms with Gasteiger partial charge in [-0.2, -0.15) is 0 Å². The lowest BCUT2D eigenvalue weighted by Gasteiger charge is -2.15. The molecule has 1 aliphatic carbocycles. The zero-order chi connectivity index (χ0) is 19.1. The van der Waals surface area contributed by atoms with Crippen molar-refractivity contribution in [3.05, 3.63) is 59.3 Å². The number of ketones is 1. The third-order valence-electron chi connectivity index (χ3n) is 5.49. The number of fused-ring (bicyclic) bond motifs is 4. The molecule has 6 heteroatoms. The first-order valence-electron chi connectivity index (χ1n) is 9.68. The van der Waals surface area contributed by atoms with E-state index in [9.17, 15) is 9.59 Å². The fraction of sp³-hybridized carbons (Fsp3) is 0.273. The average Bonchev–Trinajstić information content (AvgIpc) is 3.33. The molecule has 0 saturated carbocycles. The minimum Gasteiger partial charge on any atom is -0.351 e. The van der Waals surface area contributed by atoms with Crippen LogP contribution in [0.15, 0.2) is 42.5 Å². The monoisotopic (exact) mass is 372 g/mol. The van der Waals surface area contributed by atoms with Crippen LogP contribution in [0.4, 0.5) is 0 Å². The van der Waals surface area contributed by atoms with Gasteiger partial charge in [-0.3, -0.25) is 9.59 Å². The Kier molecular flexibility index (Phi) is 4.13. The molecular weight excluding hydrogens is 352 g/mol. The Bertz CT molecular complexity index is 1100. The standard InChI is InChI=1S/C22H20N4O2/c27-21-15-7-2-1-6-14(15)19-20(21)24-17-9-5-8-16(18(17)25-19)22(28)23-10-13-26-11-3-4-12-26/h1-2,5-9H,3-4,10-13H2,(H,23,28). The van der Waals surface area contributed by atoms with Crippen LogP contribution in [0.5, 0.6) is 0 Å². The lowest BCUT2D eigenvalue weighted by atomic mass is 10.1. The van der Waals surface area contributed by atoms with Crippen LogP contribution in [0.2, 0.25) is 0 Å². The number of carbonyl (C=O) groups excluding carboxylic acids is 2. The Labute approximate surface area is 162 Å². The van der Waals surface area contributed by atoms with Crippen molar-refractivity contribution in [1.82, 2.24) is 20.2 Å². The zero-order valence-corrected chi connectivity index (χ0v) is 15.4. The van der Waals surface area contributed by atoms with Gasteiger partial charge in [-0.15, -0.1) is 0 Å². The quantitative estimate of drug-likeness (QED) is 0.596. The molecule has 1 N–H and O–H groups in total. The summed E-state index contributed by atoms with van der Waals surface area (Å²) in [6.45, 7) is 3.68. The first-order chi connectivity index (χ1) is 13.7. The van der Waals surface area contributed by atoms with E-state index in [-0.39, 0.29) is 11.7 Å². The normalized spacial score (nSPS) is 15.6. The molecule has 3 aromatic rings. The fourth-order valence-electron chi connectivity index (χ4n) is 4.05. The predicted molar refractivity (Wildman–Crippen MR) is 106 cm³/mol. The molecule has 2 aliphatic rings. The third kappa shape index (κ3) is 2.77. The number of hydrogen-bond acceptors (Lipinski definition) is 5. The summed E-state index contributed by atoms with van der Waals surface area (Å²) in [6.07, 6.45) is 2.47. The number of hydrogen-bond donors (Lipinski definition) is 1. The summed E-state index contributed by atoms with van der Waals surface area (Å²) in [4.78, 5) is 37.0. The summed E-state index contributed by atoms with van der Waals surface area (Å²) in [5, 5.41) is 3.00. The van der Waals surface area contributed by atoms with E-state index in [1.807, 2.05) is 18.2 Å². The summed E-state index contributed by atoms with van der Waals surface area (Å²) < 4.78 is 0. The van der Waals surface area contributed by atoms with Crippen LogP contribution < -0.4 is 5.32 Å². The van der Waals surface area contributed by atoms with Gasteiger partial charge in [0.2, 0.25) is 5.78 Å². The predicted octanol–water partition coefficient (Wildman–Crippen LogP) is 2.67. The van der Waals surface area contributed by atoms with Crippen molar-refractivity contribution < 1.29 is 9.59 Å². The smallest absolute Gasteiger partial charge is 0.253 e. The molecule has 2 aromatic carbocycles. The van der Waals surface area contributed by atoms with Gasteiger partial charge in [0.15, 0.2) is 0 Å². The highest BCUT2D eigenvalue weighted by atomic mass is 16.1. The number of benzene rings is 2. The minimum atomic E-state index is -0.156. The fourth-order valence-corrected chi connectivity index (χ4v) is 4.05. The van der Waals surface area contributed by atoms with Gasteiger partial charge in [0.1, 0.15) is 16.9 Å². The number of nitrogens with zero attached hydrogens (tertiary/aromatic N) is 3. The van der Waals surface area contributed by atoms with E-state index in [1.54, 1.807) is 24.3 Å². The maximum atomic E-state index is 12.8. The second kappa shape index (κ2) is 6.80. The second-order valence-electron chi connectivity index (χ2n) is 7.27. The van der Waals surface area contributed by atoms with Gasteiger partial charge in [-0.25, -0.2) is 9.97 Å². The summed E-state index contributed by atoms with van der Waals surface area (Å²) in [6, 6.07) is 12.7. The van der Waals surface area contributed by atoms with Crippen LogP contribution in [0.25, 0.3) is 22.3 Å². The highest BCUT2D eigenvalue weighted by Gasteiger charge is 2.30. The molecule has 140 valence electrons. The van der Waals surface area contributed by atoms with Crippen molar-refractivity contribution in [2.24, 2.45) is 0 Å². The van der Waals surface area contributed by atoms with E-state index < -0.39 is 0 Å².